The van der Waals surface area contributed by atoms with Gasteiger partial charge in [-0.2, -0.15) is 0 Å². The van der Waals surface area contributed by atoms with Crippen LogP contribution in [-0.4, -0.2) is 86.3 Å². The second-order valence-electron chi connectivity index (χ2n) is 9.03. The molecule has 0 amide bonds. The molecular formula is C20H37IN4O3. The van der Waals surface area contributed by atoms with E-state index in [0.29, 0.717) is 36.6 Å². The Kier molecular flexibility index (Phi) is 7.50. The molecule has 4 unspecified atom stereocenters. The maximum absolute atomic E-state index is 10.8. The number of fused-ring (bicyclic) bond motifs is 2. The van der Waals surface area contributed by atoms with Crippen molar-refractivity contribution in [2.24, 2.45) is 16.3 Å². The van der Waals surface area contributed by atoms with Crippen LogP contribution in [0.1, 0.15) is 39.5 Å². The van der Waals surface area contributed by atoms with Gasteiger partial charge in [-0.3, -0.25) is 9.89 Å². The van der Waals surface area contributed by atoms with Gasteiger partial charge in [-0.05, 0) is 33.1 Å². The molecule has 1 spiro atoms. The van der Waals surface area contributed by atoms with Gasteiger partial charge in [-0.15, -0.1) is 24.0 Å². The Bertz CT molecular complexity index is 550. The van der Waals surface area contributed by atoms with Crippen LogP contribution >= 0.6 is 24.0 Å². The number of halogens is 1. The van der Waals surface area contributed by atoms with Crippen LogP contribution in [0.5, 0.6) is 0 Å². The Balaban J connectivity index is 0.00000225. The molecule has 0 radical (unpaired) electrons. The fourth-order valence-electron chi connectivity index (χ4n) is 5.46. The zero-order chi connectivity index (χ0) is 18.9. The number of morpholine rings is 1. The minimum Gasteiger partial charge on any atom is -0.387 e. The Hall–Kier alpha value is -0.160. The normalized spacial score (nSPS) is 33.8. The van der Waals surface area contributed by atoms with Crippen molar-refractivity contribution in [2.75, 3.05) is 52.5 Å². The average molecular weight is 508 g/mol. The van der Waals surface area contributed by atoms with Crippen LogP contribution < -0.4 is 10.6 Å². The lowest BCUT2D eigenvalue weighted by Crippen LogP contribution is -2.72. The van der Waals surface area contributed by atoms with Crippen molar-refractivity contribution in [1.29, 1.82) is 0 Å². The second-order valence-corrected chi connectivity index (χ2v) is 9.03. The highest BCUT2D eigenvalue weighted by atomic mass is 127. The van der Waals surface area contributed by atoms with Crippen LogP contribution in [0.4, 0.5) is 0 Å². The minimum atomic E-state index is -0.841. The first-order chi connectivity index (χ1) is 13.0. The number of aliphatic imine (C=N–C) groups is 1. The summed E-state index contributed by atoms with van der Waals surface area (Å²) in [5.74, 6) is 1.45. The molecule has 2 saturated heterocycles. The van der Waals surface area contributed by atoms with Crippen molar-refractivity contribution in [3.63, 3.8) is 0 Å². The zero-order valence-corrected chi connectivity index (χ0v) is 19.6. The van der Waals surface area contributed by atoms with Crippen LogP contribution in [0.2, 0.25) is 0 Å². The fourth-order valence-corrected chi connectivity index (χ4v) is 5.46. The molecule has 4 fully saturated rings. The summed E-state index contributed by atoms with van der Waals surface area (Å²) in [6.07, 6.45) is 5.45. The highest BCUT2D eigenvalue weighted by Crippen LogP contribution is 2.62. The maximum atomic E-state index is 10.8. The molecule has 4 rings (SSSR count). The molecule has 7 nitrogen and oxygen atoms in total. The number of rotatable bonds is 6. The summed E-state index contributed by atoms with van der Waals surface area (Å²) in [6, 6.07) is 0.459. The molecule has 162 valence electrons. The van der Waals surface area contributed by atoms with Crippen molar-refractivity contribution in [3.05, 3.63) is 0 Å². The van der Waals surface area contributed by atoms with Gasteiger partial charge in [0.1, 0.15) is 0 Å². The van der Waals surface area contributed by atoms with Crippen molar-refractivity contribution in [2.45, 2.75) is 57.3 Å². The van der Waals surface area contributed by atoms with Crippen molar-refractivity contribution >= 4 is 29.9 Å². The van der Waals surface area contributed by atoms with E-state index in [1.165, 1.54) is 19.3 Å². The first-order valence-electron chi connectivity index (χ1n) is 10.7. The number of nitrogens with zero attached hydrogens (tertiary/aromatic N) is 2. The monoisotopic (exact) mass is 508 g/mol. The van der Waals surface area contributed by atoms with Gasteiger partial charge in [-0.1, -0.05) is 6.42 Å². The molecule has 4 atom stereocenters. The van der Waals surface area contributed by atoms with Crippen LogP contribution in [0, 0.1) is 11.3 Å². The third-order valence-corrected chi connectivity index (χ3v) is 6.92. The molecule has 3 N–H and O–H groups in total. The summed E-state index contributed by atoms with van der Waals surface area (Å²) >= 11 is 0. The average Bonchev–Trinajstić information content (AvgIpc) is 3.01. The number of aliphatic hydroxyl groups is 1. The van der Waals surface area contributed by atoms with Crippen LogP contribution in [-0.2, 0) is 9.47 Å². The van der Waals surface area contributed by atoms with Gasteiger partial charge >= 0.3 is 0 Å². The lowest BCUT2D eigenvalue weighted by molar-refractivity contribution is -0.171. The Morgan fingerprint density at radius 1 is 1.29 bits per heavy atom. The zero-order valence-electron chi connectivity index (χ0n) is 17.3. The molecule has 2 saturated carbocycles. The highest BCUT2D eigenvalue weighted by molar-refractivity contribution is 14.0. The molecule has 8 heteroatoms. The first-order valence-corrected chi connectivity index (χ1v) is 10.7. The van der Waals surface area contributed by atoms with Gasteiger partial charge in [0.15, 0.2) is 5.96 Å². The smallest absolute Gasteiger partial charge is 0.191 e. The molecule has 0 aromatic heterocycles. The molecule has 2 aliphatic heterocycles. The maximum Gasteiger partial charge on any atom is 0.191 e. The van der Waals surface area contributed by atoms with E-state index in [1.54, 1.807) is 0 Å². The van der Waals surface area contributed by atoms with E-state index in [1.807, 2.05) is 6.92 Å². The molecule has 2 aliphatic carbocycles. The fraction of sp³-hybridized carbons (Fsp3) is 0.950. The summed E-state index contributed by atoms with van der Waals surface area (Å²) < 4.78 is 11.4. The van der Waals surface area contributed by atoms with Gasteiger partial charge in [0, 0.05) is 50.2 Å². The van der Waals surface area contributed by atoms with Gasteiger partial charge in [-0.25, -0.2) is 0 Å². The first kappa shape index (κ1) is 22.5. The number of nitrogens with one attached hydrogen (secondary N) is 2. The summed E-state index contributed by atoms with van der Waals surface area (Å²) in [7, 11) is 0. The van der Waals surface area contributed by atoms with E-state index in [-0.39, 0.29) is 24.0 Å². The lowest BCUT2D eigenvalue weighted by Gasteiger charge is -2.63. The second kappa shape index (κ2) is 9.32. The summed E-state index contributed by atoms with van der Waals surface area (Å²) in [5, 5.41) is 17.9. The Morgan fingerprint density at radius 3 is 2.68 bits per heavy atom. The van der Waals surface area contributed by atoms with E-state index >= 15 is 0 Å². The number of hydrogen-bond donors (Lipinski definition) is 3. The number of guanidine groups is 1. The molecule has 0 bridgehead atoms. The SMILES string of the molecule is CCNC(=NCC(C)(O)CN1CCOCC1)NC1C2CCOC2C12CCC2.I. The van der Waals surface area contributed by atoms with Crippen molar-refractivity contribution in [1.82, 2.24) is 15.5 Å². The molecule has 0 aromatic carbocycles. The summed E-state index contributed by atoms with van der Waals surface area (Å²) in [4.78, 5) is 7.02. The Labute approximate surface area is 186 Å². The van der Waals surface area contributed by atoms with E-state index < -0.39 is 5.60 Å². The van der Waals surface area contributed by atoms with Gasteiger partial charge < -0.3 is 25.2 Å². The number of β-amino-alcohol motifs (C(OH)–C–C–N with tert-alkyl or cyclic N) is 1. The van der Waals surface area contributed by atoms with Crippen molar-refractivity contribution in [3.8, 4) is 0 Å². The molecule has 0 aromatic rings. The van der Waals surface area contributed by atoms with Crippen LogP contribution in [0.3, 0.4) is 0 Å². The van der Waals surface area contributed by atoms with E-state index in [0.717, 1.165) is 51.8 Å². The largest absolute Gasteiger partial charge is 0.387 e. The molecule has 4 aliphatic rings. The third kappa shape index (κ3) is 4.45. The topological polar surface area (TPSA) is 78.4 Å². The predicted molar refractivity (Wildman–Crippen MR) is 120 cm³/mol. The van der Waals surface area contributed by atoms with E-state index in [2.05, 4.69) is 22.5 Å². The van der Waals surface area contributed by atoms with E-state index in [9.17, 15) is 5.11 Å². The Morgan fingerprint density at radius 2 is 2.04 bits per heavy atom. The van der Waals surface area contributed by atoms with Gasteiger partial charge in [0.25, 0.3) is 0 Å². The number of ether oxygens (including phenoxy) is 2. The van der Waals surface area contributed by atoms with E-state index in [4.69, 9.17) is 14.5 Å². The van der Waals surface area contributed by atoms with Crippen LogP contribution in [0.25, 0.3) is 0 Å². The predicted octanol–water partition coefficient (Wildman–Crippen LogP) is 1.20. The quantitative estimate of drug-likeness (QED) is 0.285. The standard InChI is InChI=1S/C20H36N4O3.HI/c1-3-21-18(22-13-19(2,25)14-24-8-11-26-12-9-24)23-16-15-5-10-27-17(15)20(16)6-4-7-20;/h15-17,25H,3-14H2,1-2H3,(H2,21,22,23);1H. The number of hydrogen-bond acceptors (Lipinski definition) is 5. The summed E-state index contributed by atoms with van der Waals surface area (Å²) in [5.41, 5.74) is -0.514. The minimum absolute atomic E-state index is 0. The van der Waals surface area contributed by atoms with Gasteiger partial charge in [0.05, 0.1) is 31.5 Å². The van der Waals surface area contributed by atoms with Crippen LogP contribution in [0.15, 0.2) is 4.99 Å². The molecule has 2 heterocycles. The third-order valence-electron chi connectivity index (χ3n) is 6.92. The molecule has 28 heavy (non-hydrogen) atoms. The lowest BCUT2D eigenvalue weighted by atomic mass is 9.46. The van der Waals surface area contributed by atoms with Crippen molar-refractivity contribution < 1.29 is 14.6 Å². The van der Waals surface area contributed by atoms with Gasteiger partial charge in [0.2, 0.25) is 0 Å². The summed E-state index contributed by atoms with van der Waals surface area (Å²) in [6.45, 7) is 9.97. The molecular weight excluding hydrogens is 471 g/mol. The highest BCUT2D eigenvalue weighted by Gasteiger charge is 2.66.